The predicted molar refractivity (Wildman–Crippen MR) is 157 cm³/mol. The minimum atomic E-state index is -0.652. The van der Waals surface area contributed by atoms with E-state index in [-0.39, 0.29) is 24.9 Å². The molecule has 2 saturated carbocycles. The number of aromatic nitrogens is 4. The summed E-state index contributed by atoms with van der Waals surface area (Å²) in [5.74, 6) is 1.08. The van der Waals surface area contributed by atoms with Crippen molar-refractivity contribution in [3.05, 3.63) is 72.6 Å². The van der Waals surface area contributed by atoms with E-state index >= 15 is 0 Å². The molecule has 2 fully saturated rings. The lowest BCUT2D eigenvalue weighted by Gasteiger charge is -2.17. The zero-order chi connectivity index (χ0) is 29.5. The lowest BCUT2D eigenvalue weighted by Crippen LogP contribution is -2.38. The maximum absolute atomic E-state index is 12.5. The largest absolute Gasteiger partial charge is 0.392 e. The average Bonchev–Trinajstić information content (AvgIpc) is 3.90. The van der Waals surface area contributed by atoms with E-state index in [4.69, 9.17) is 0 Å². The van der Waals surface area contributed by atoms with Crippen LogP contribution in [0, 0.1) is 10.8 Å². The smallest absolute Gasteiger partial charge is 0.229 e. The van der Waals surface area contributed by atoms with Gasteiger partial charge in [-0.15, -0.1) is 0 Å². The molecular formula is C32H36N6O4. The number of nitrogens with zero attached hydrogens (tertiary/aromatic N) is 2. The Morgan fingerprint density at radius 1 is 0.690 bits per heavy atom. The molecule has 2 heterocycles. The van der Waals surface area contributed by atoms with Crippen molar-refractivity contribution in [2.45, 2.75) is 64.8 Å². The van der Waals surface area contributed by atoms with E-state index in [2.05, 4.69) is 54.8 Å². The van der Waals surface area contributed by atoms with Crippen LogP contribution < -0.4 is 10.6 Å². The Hall–Kier alpha value is -4.28. The van der Waals surface area contributed by atoms with Gasteiger partial charge in [-0.25, -0.2) is 9.97 Å². The quantitative estimate of drug-likeness (QED) is 0.162. The first kappa shape index (κ1) is 27.9. The van der Waals surface area contributed by atoms with E-state index in [1.807, 2.05) is 24.3 Å². The first-order chi connectivity index (χ1) is 20.2. The van der Waals surface area contributed by atoms with E-state index in [0.29, 0.717) is 37.3 Å². The summed E-state index contributed by atoms with van der Waals surface area (Å²) in [5, 5.41) is 25.6. The summed E-state index contributed by atoms with van der Waals surface area (Å²) in [6.07, 6.45) is 5.07. The van der Waals surface area contributed by atoms with E-state index in [9.17, 15) is 19.8 Å². The highest BCUT2D eigenvalue weighted by Crippen LogP contribution is 2.49. The van der Waals surface area contributed by atoms with Gasteiger partial charge in [-0.3, -0.25) is 9.59 Å². The zero-order valence-corrected chi connectivity index (χ0v) is 23.8. The van der Waals surface area contributed by atoms with Gasteiger partial charge >= 0.3 is 0 Å². The molecule has 0 bridgehead atoms. The van der Waals surface area contributed by atoms with Crippen LogP contribution in [-0.4, -0.2) is 54.2 Å². The molecule has 10 nitrogen and oxygen atoms in total. The summed E-state index contributed by atoms with van der Waals surface area (Å²) < 4.78 is 0. The molecule has 4 aromatic rings. The second-order valence-electron chi connectivity index (χ2n) is 11.7. The molecule has 6 rings (SSSR count). The van der Waals surface area contributed by atoms with Crippen molar-refractivity contribution in [1.29, 1.82) is 0 Å². The number of nitrogens with one attached hydrogen (secondary N) is 4. The van der Waals surface area contributed by atoms with Gasteiger partial charge in [-0.1, -0.05) is 48.5 Å². The van der Waals surface area contributed by atoms with Gasteiger partial charge in [-0.2, -0.15) is 0 Å². The van der Waals surface area contributed by atoms with Crippen molar-refractivity contribution in [3.63, 3.8) is 0 Å². The van der Waals surface area contributed by atoms with Crippen molar-refractivity contribution < 1.29 is 19.8 Å². The molecule has 0 radical (unpaired) electrons. The summed E-state index contributed by atoms with van der Waals surface area (Å²) in [5.41, 5.74) is 4.58. The van der Waals surface area contributed by atoms with Crippen LogP contribution in [0.1, 0.15) is 51.2 Å². The van der Waals surface area contributed by atoms with Gasteiger partial charge in [0.2, 0.25) is 11.8 Å². The van der Waals surface area contributed by atoms with Crippen LogP contribution in [0.25, 0.3) is 33.6 Å². The number of imidazole rings is 2. The first-order valence-corrected chi connectivity index (χ1v) is 14.4. The number of amides is 2. The minimum Gasteiger partial charge on any atom is -0.392 e. The molecule has 0 aliphatic heterocycles. The fraction of sp³-hybridized carbons (Fsp3) is 0.375. The second-order valence-corrected chi connectivity index (χ2v) is 11.7. The topological polar surface area (TPSA) is 156 Å². The zero-order valence-electron chi connectivity index (χ0n) is 23.8. The Balaban J connectivity index is 1.04. The predicted octanol–water partition coefficient (Wildman–Crippen LogP) is 3.69. The fourth-order valence-electron chi connectivity index (χ4n) is 5.50. The maximum atomic E-state index is 12.5. The Morgan fingerprint density at radius 3 is 1.33 bits per heavy atom. The Morgan fingerprint density at radius 2 is 1.02 bits per heavy atom. The van der Waals surface area contributed by atoms with Gasteiger partial charge in [0.25, 0.3) is 0 Å². The van der Waals surface area contributed by atoms with Crippen LogP contribution in [-0.2, 0) is 22.7 Å². The first-order valence-electron chi connectivity index (χ1n) is 14.4. The van der Waals surface area contributed by atoms with Crippen LogP contribution in [0.15, 0.2) is 60.9 Å². The summed E-state index contributed by atoms with van der Waals surface area (Å²) >= 11 is 0. The van der Waals surface area contributed by atoms with Gasteiger partial charge in [-0.05, 0) is 61.8 Å². The van der Waals surface area contributed by atoms with Crippen molar-refractivity contribution in [2.24, 2.45) is 10.8 Å². The molecule has 0 saturated heterocycles. The lowest BCUT2D eigenvalue weighted by molar-refractivity contribution is -0.131. The molecule has 10 heteroatoms. The summed E-state index contributed by atoms with van der Waals surface area (Å²) in [7, 11) is 0. The number of hydrogen-bond acceptors (Lipinski definition) is 6. The number of H-pyrrole nitrogens is 2. The van der Waals surface area contributed by atoms with E-state index < -0.39 is 23.0 Å². The van der Waals surface area contributed by atoms with Crippen molar-refractivity contribution >= 4 is 11.8 Å². The highest BCUT2D eigenvalue weighted by molar-refractivity contribution is 5.86. The summed E-state index contributed by atoms with van der Waals surface area (Å²) in [6.45, 7) is 3.90. The molecule has 2 unspecified atom stereocenters. The molecule has 6 N–H and O–H groups in total. The third-order valence-electron chi connectivity index (χ3n) is 8.90. The van der Waals surface area contributed by atoms with Gasteiger partial charge in [0.1, 0.15) is 11.6 Å². The minimum absolute atomic E-state index is 0.123. The lowest BCUT2D eigenvalue weighted by atomic mass is 10.00. The molecule has 0 spiro atoms. The molecular weight excluding hydrogens is 532 g/mol. The number of rotatable bonds is 11. The van der Waals surface area contributed by atoms with Crippen LogP contribution in [0.5, 0.6) is 0 Å². The van der Waals surface area contributed by atoms with Crippen LogP contribution in [0.2, 0.25) is 0 Å². The number of hydrogen-bond donors (Lipinski definition) is 6. The number of aliphatic hydroxyl groups excluding tert-OH is 2. The molecule has 2 aliphatic rings. The van der Waals surface area contributed by atoms with Gasteiger partial charge in [0.05, 0.1) is 59.9 Å². The van der Waals surface area contributed by atoms with Crippen molar-refractivity contribution in [3.8, 4) is 33.6 Å². The maximum Gasteiger partial charge on any atom is 0.229 e. The normalized spacial score (nSPS) is 17.7. The highest BCUT2D eigenvalue weighted by atomic mass is 16.3. The number of carbonyl (C=O) groups excluding carboxylic acids is 2. The number of carbonyl (C=O) groups is 2. The molecule has 2 atom stereocenters. The van der Waals surface area contributed by atoms with Gasteiger partial charge in [0.15, 0.2) is 0 Å². The van der Waals surface area contributed by atoms with Crippen LogP contribution in [0.3, 0.4) is 0 Å². The third-order valence-corrected chi connectivity index (χ3v) is 8.90. The summed E-state index contributed by atoms with van der Waals surface area (Å²) in [6, 6.07) is 16.4. The number of aliphatic hydroxyl groups is 2. The van der Waals surface area contributed by atoms with Crippen LogP contribution in [0.4, 0.5) is 0 Å². The Bertz CT molecular complexity index is 1460. The van der Waals surface area contributed by atoms with Gasteiger partial charge in [0, 0.05) is 0 Å². The second kappa shape index (κ2) is 10.8. The third kappa shape index (κ3) is 5.35. The Labute approximate surface area is 244 Å². The molecule has 2 amide bonds. The fourth-order valence-corrected chi connectivity index (χ4v) is 5.50. The molecule has 42 heavy (non-hydrogen) atoms. The molecule has 2 aromatic heterocycles. The van der Waals surface area contributed by atoms with E-state index in [1.165, 1.54) is 0 Å². The highest BCUT2D eigenvalue weighted by Gasteiger charge is 2.54. The van der Waals surface area contributed by atoms with E-state index in [0.717, 1.165) is 33.6 Å². The number of benzene rings is 2. The average molecular weight is 569 g/mol. The van der Waals surface area contributed by atoms with Gasteiger partial charge < -0.3 is 30.8 Å². The van der Waals surface area contributed by atoms with E-state index in [1.54, 1.807) is 26.2 Å². The molecule has 218 valence electrons. The molecule has 2 aromatic carbocycles. The SMILES string of the molecule is CC(O)C1(C(=O)NCc2ncc(-c3ccc(-c4ccc(-c5cnc(CNC(=O)C6(C(C)O)CC6)[nH]5)cc4)cc3)[nH]2)CC1. The number of aromatic amines is 2. The summed E-state index contributed by atoms with van der Waals surface area (Å²) in [4.78, 5) is 40.3. The van der Waals surface area contributed by atoms with Crippen molar-refractivity contribution in [1.82, 2.24) is 30.6 Å². The monoisotopic (exact) mass is 568 g/mol. The molecule has 2 aliphatic carbocycles. The van der Waals surface area contributed by atoms with Crippen LogP contribution >= 0.6 is 0 Å². The van der Waals surface area contributed by atoms with Crippen molar-refractivity contribution in [2.75, 3.05) is 0 Å². The Kier molecular flexibility index (Phi) is 7.20. The standard InChI is InChI=1S/C32H36N6O4/c1-19(39)31(11-12-31)29(41)35-17-27-33-15-25(37-27)23-7-3-21(4-8-23)22-5-9-24(10-6-22)26-16-34-28(38-26)18-36-30(42)32(13-14-32)20(2)40/h3-10,15-16,19-20,39-40H,11-14,17-18H2,1-2H3,(H,33,37)(H,34,38)(H,35,41)(H,36,42).